The number of aryl methyl sites for hydroxylation is 2. The molecule has 158 valence electrons. The van der Waals surface area contributed by atoms with E-state index >= 15 is 0 Å². The van der Waals surface area contributed by atoms with Crippen molar-refractivity contribution < 1.29 is 14.3 Å². The summed E-state index contributed by atoms with van der Waals surface area (Å²) in [6, 6.07) is 8.20. The van der Waals surface area contributed by atoms with Crippen LogP contribution in [-0.2, 0) is 23.0 Å². The van der Waals surface area contributed by atoms with Gasteiger partial charge in [-0.1, -0.05) is 17.3 Å². The molecule has 1 aromatic heterocycles. The fourth-order valence-corrected chi connectivity index (χ4v) is 4.99. The van der Waals surface area contributed by atoms with Gasteiger partial charge in [-0.05, 0) is 66.6 Å². The maximum Gasteiger partial charge on any atom is 0.306 e. The molecule has 6 nitrogen and oxygen atoms in total. The van der Waals surface area contributed by atoms with Gasteiger partial charge in [-0.2, -0.15) is 0 Å². The predicted octanol–water partition coefficient (Wildman–Crippen LogP) is 4.60. The molecule has 0 aliphatic heterocycles. The van der Waals surface area contributed by atoms with Crippen LogP contribution in [0.3, 0.4) is 0 Å². The highest BCUT2D eigenvalue weighted by molar-refractivity contribution is 6.21. The van der Waals surface area contributed by atoms with E-state index < -0.39 is 0 Å². The highest BCUT2D eigenvalue weighted by atomic mass is 35.5. The van der Waals surface area contributed by atoms with Gasteiger partial charge in [0, 0.05) is 13.0 Å². The lowest BCUT2D eigenvalue weighted by Crippen LogP contribution is -2.14. The summed E-state index contributed by atoms with van der Waals surface area (Å²) < 4.78 is 12.6. The van der Waals surface area contributed by atoms with Crippen LogP contribution < -0.4 is 4.74 Å². The van der Waals surface area contributed by atoms with Crippen LogP contribution in [-0.4, -0.2) is 34.7 Å². The van der Waals surface area contributed by atoms with Gasteiger partial charge >= 0.3 is 5.97 Å². The molecule has 0 radical (unpaired) electrons. The highest BCUT2D eigenvalue weighted by Gasteiger charge is 2.30. The first-order chi connectivity index (χ1) is 14.4. The summed E-state index contributed by atoms with van der Waals surface area (Å²) in [5.74, 6) is 0.277. The number of hydrogen-bond donors (Lipinski definition) is 0. The van der Waals surface area contributed by atoms with Crippen molar-refractivity contribution in [3.8, 4) is 5.75 Å². The molecule has 2 unspecified atom stereocenters. The number of carbonyl (C=O) groups is 1. The van der Waals surface area contributed by atoms with Crippen LogP contribution in [0.15, 0.2) is 24.3 Å². The molecule has 0 saturated carbocycles. The van der Waals surface area contributed by atoms with Gasteiger partial charge in [0.1, 0.15) is 16.8 Å². The van der Waals surface area contributed by atoms with E-state index in [0.717, 1.165) is 35.0 Å². The lowest BCUT2D eigenvalue weighted by Gasteiger charge is -2.22. The van der Waals surface area contributed by atoms with E-state index in [4.69, 9.17) is 21.1 Å². The monoisotopic (exact) mass is 427 g/mol. The largest absolute Gasteiger partial charge is 0.494 e. The number of esters is 1. The molecule has 7 heteroatoms. The third-order valence-electron chi connectivity index (χ3n) is 5.93. The summed E-state index contributed by atoms with van der Waals surface area (Å²) in [5, 5.41) is 8.41. The number of fused-ring (bicyclic) bond motifs is 2. The first-order valence-corrected chi connectivity index (χ1v) is 10.7. The number of nitrogens with zero attached hydrogens (tertiary/aromatic N) is 3. The Hall–Kier alpha value is -2.60. The minimum atomic E-state index is -0.226. The highest BCUT2D eigenvalue weighted by Crippen LogP contribution is 2.44. The summed E-state index contributed by atoms with van der Waals surface area (Å²) in [5.41, 5.74) is 7.29. The molecule has 0 N–H and O–H groups in total. The fourth-order valence-electron chi connectivity index (χ4n) is 4.58. The molecule has 2 aromatic carbocycles. The Morgan fingerprint density at radius 2 is 2.17 bits per heavy atom. The summed E-state index contributed by atoms with van der Waals surface area (Å²) in [6.45, 7) is 4.27. The van der Waals surface area contributed by atoms with Crippen molar-refractivity contribution in [2.24, 2.45) is 7.05 Å². The van der Waals surface area contributed by atoms with Crippen LogP contribution in [0, 0.1) is 6.92 Å². The van der Waals surface area contributed by atoms with E-state index in [1.807, 2.05) is 26.1 Å². The zero-order chi connectivity index (χ0) is 21.4. The molecule has 1 aliphatic rings. The smallest absolute Gasteiger partial charge is 0.306 e. The molecular weight excluding hydrogens is 402 g/mol. The maximum absolute atomic E-state index is 12.5. The van der Waals surface area contributed by atoms with Crippen molar-refractivity contribution in [3.63, 3.8) is 0 Å². The van der Waals surface area contributed by atoms with Gasteiger partial charge in [0.05, 0.1) is 25.5 Å². The first-order valence-electron chi connectivity index (χ1n) is 10.2. The standard InChI is InChI=1S/C23H26ClN3O3/c1-5-30-21(28)12-17(15-7-6-13(2)22-16(15)8-9-18(22)24)14-10-19-23(20(11-14)29-4)27(3)26-25-19/h6-7,10-11,17-18H,5,8-9,12H2,1-4H3. The minimum Gasteiger partial charge on any atom is -0.494 e. The van der Waals surface area contributed by atoms with E-state index in [0.29, 0.717) is 12.4 Å². The van der Waals surface area contributed by atoms with Crippen molar-refractivity contribution in [1.82, 2.24) is 15.0 Å². The van der Waals surface area contributed by atoms with Gasteiger partial charge in [-0.15, -0.1) is 16.7 Å². The number of methoxy groups -OCH3 is 1. The van der Waals surface area contributed by atoms with Crippen molar-refractivity contribution in [2.75, 3.05) is 13.7 Å². The van der Waals surface area contributed by atoms with Crippen molar-refractivity contribution >= 4 is 28.6 Å². The Bertz CT molecular complexity index is 1110. The van der Waals surface area contributed by atoms with Crippen LogP contribution in [0.4, 0.5) is 0 Å². The number of benzene rings is 2. The first kappa shape index (κ1) is 20.7. The van der Waals surface area contributed by atoms with Crippen LogP contribution in [0.2, 0.25) is 0 Å². The van der Waals surface area contributed by atoms with Crippen molar-refractivity contribution in [3.05, 3.63) is 52.1 Å². The number of alkyl halides is 1. The van der Waals surface area contributed by atoms with Crippen LogP contribution in [0.5, 0.6) is 5.75 Å². The van der Waals surface area contributed by atoms with Gasteiger partial charge in [-0.3, -0.25) is 4.79 Å². The molecule has 2 atom stereocenters. The topological polar surface area (TPSA) is 66.2 Å². The molecule has 0 amide bonds. The molecule has 1 heterocycles. The SMILES string of the molecule is CCOC(=O)CC(c1cc(OC)c2c(c1)nnn2C)c1ccc(C)c2c1CCC2Cl. The Morgan fingerprint density at radius 1 is 1.37 bits per heavy atom. The average Bonchev–Trinajstić information content (AvgIpc) is 3.30. The Balaban J connectivity index is 1.89. The Labute approximate surface area is 181 Å². The van der Waals surface area contributed by atoms with E-state index in [1.54, 1.807) is 11.8 Å². The van der Waals surface area contributed by atoms with Crippen molar-refractivity contribution in [2.45, 2.75) is 44.4 Å². The number of aromatic nitrogens is 3. The van der Waals surface area contributed by atoms with Gasteiger partial charge in [0.25, 0.3) is 0 Å². The van der Waals surface area contributed by atoms with Gasteiger partial charge in [-0.25, -0.2) is 4.68 Å². The Morgan fingerprint density at radius 3 is 2.90 bits per heavy atom. The van der Waals surface area contributed by atoms with E-state index in [1.165, 1.54) is 16.7 Å². The van der Waals surface area contributed by atoms with E-state index in [2.05, 4.69) is 29.4 Å². The molecule has 30 heavy (non-hydrogen) atoms. The predicted molar refractivity (Wildman–Crippen MR) is 116 cm³/mol. The fraction of sp³-hybridized carbons (Fsp3) is 0.435. The molecule has 0 spiro atoms. The number of rotatable bonds is 6. The number of carbonyl (C=O) groups excluding carboxylic acids is 1. The molecule has 3 aromatic rings. The maximum atomic E-state index is 12.5. The molecule has 4 rings (SSSR count). The third-order valence-corrected chi connectivity index (χ3v) is 6.37. The normalized spacial score (nSPS) is 16.5. The molecule has 0 fully saturated rings. The number of ether oxygens (including phenoxy) is 2. The van der Waals surface area contributed by atoms with Gasteiger partial charge < -0.3 is 9.47 Å². The quantitative estimate of drug-likeness (QED) is 0.425. The summed E-state index contributed by atoms with van der Waals surface area (Å²) in [6.07, 6.45) is 2.06. The van der Waals surface area contributed by atoms with E-state index in [9.17, 15) is 4.79 Å². The minimum absolute atomic E-state index is 0.0141. The zero-order valence-electron chi connectivity index (χ0n) is 17.7. The summed E-state index contributed by atoms with van der Waals surface area (Å²) in [4.78, 5) is 12.5. The van der Waals surface area contributed by atoms with Crippen LogP contribution >= 0.6 is 11.6 Å². The zero-order valence-corrected chi connectivity index (χ0v) is 18.5. The second kappa shape index (κ2) is 8.26. The Kier molecular flexibility index (Phi) is 5.69. The molecule has 0 saturated heterocycles. The van der Waals surface area contributed by atoms with Gasteiger partial charge in [0.2, 0.25) is 0 Å². The second-order valence-corrected chi connectivity index (χ2v) is 8.26. The molecule has 1 aliphatic carbocycles. The average molecular weight is 428 g/mol. The number of halogens is 1. The van der Waals surface area contributed by atoms with Crippen LogP contribution in [0.1, 0.15) is 58.9 Å². The second-order valence-electron chi connectivity index (χ2n) is 7.74. The summed E-state index contributed by atoms with van der Waals surface area (Å²) in [7, 11) is 3.47. The molecule has 0 bridgehead atoms. The third kappa shape index (κ3) is 3.54. The van der Waals surface area contributed by atoms with Crippen LogP contribution in [0.25, 0.3) is 11.0 Å². The van der Waals surface area contributed by atoms with Gasteiger partial charge in [0.15, 0.2) is 0 Å². The molecular formula is C23H26ClN3O3. The number of hydrogen-bond acceptors (Lipinski definition) is 5. The van der Waals surface area contributed by atoms with Crippen molar-refractivity contribution in [1.29, 1.82) is 0 Å². The lowest BCUT2D eigenvalue weighted by molar-refractivity contribution is -0.143. The van der Waals surface area contributed by atoms with E-state index in [-0.39, 0.29) is 23.7 Å². The lowest BCUT2D eigenvalue weighted by atomic mass is 9.83. The summed E-state index contributed by atoms with van der Waals surface area (Å²) >= 11 is 6.62.